The molecule has 1 aliphatic rings. The van der Waals surface area contributed by atoms with E-state index in [2.05, 4.69) is 15.5 Å². The van der Waals surface area contributed by atoms with Crippen LogP contribution in [-0.4, -0.2) is 63.2 Å². The molecule has 0 radical (unpaired) electrons. The van der Waals surface area contributed by atoms with Crippen molar-refractivity contribution in [2.24, 2.45) is 0 Å². The summed E-state index contributed by atoms with van der Waals surface area (Å²) in [5.74, 6) is 0.948. The Morgan fingerprint density at radius 3 is 2.14 bits per heavy atom. The van der Waals surface area contributed by atoms with Crippen LogP contribution in [0.5, 0.6) is 11.5 Å². The highest BCUT2D eigenvalue weighted by Crippen LogP contribution is 2.24. The van der Waals surface area contributed by atoms with E-state index in [-0.39, 0.29) is 24.9 Å². The summed E-state index contributed by atoms with van der Waals surface area (Å²) in [5.41, 5.74) is 2.46. The van der Waals surface area contributed by atoms with Gasteiger partial charge in [-0.25, -0.2) is 0 Å². The van der Waals surface area contributed by atoms with Crippen molar-refractivity contribution in [3.8, 4) is 11.5 Å². The highest BCUT2D eigenvalue weighted by Gasteiger charge is 2.13. The first-order valence-corrected chi connectivity index (χ1v) is 11.6. The smallest absolute Gasteiger partial charge is 0.238 e. The number of anilines is 3. The van der Waals surface area contributed by atoms with Crippen LogP contribution in [0.2, 0.25) is 0 Å². The minimum absolute atomic E-state index is 0.0765. The van der Waals surface area contributed by atoms with E-state index in [1.807, 2.05) is 66.7 Å². The second-order valence-corrected chi connectivity index (χ2v) is 8.36. The zero-order valence-corrected chi connectivity index (χ0v) is 19.8. The normalized spacial score (nSPS) is 13.4. The quantitative estimate of drug-likeness (QED) is 0.491. The second-order valence-electron chi connectivity index (χ2n) is 8.36. The molecule has 4 rings (SSSR count). The monoisotopic (exact) mass is 474 g/mol. The number of benzene rings is 3. The van der Waals surface area contributed by atoms with E-state index in [0.29, 0.717) is 11.4 Å². The van der Waals surface area contributed by atoms with E-state index in [1.54, 1.807) is 24.1 Å². The molecule has 2 N–H and O–H groups in total. The van der Waals surface area contributed by atoms with Gasteiger partial charge in [0.2, 0.25) is 11.8 Å². The summed E-state index contributed by atoms with van der Waals surface area (Å²) in [6.07, 6.45) is 0. The Hall–Kier alpha value is -3.88. The molecule has 3 aromatic carbocycles. The Morgan fingerprint density at radius 2 is 1.46 bits per heavy atom. The maximum Gasteiger partial charge on any atom is 0.238 e. The number of likely N-dealkylation sites (N-methyl/N-ethyl adjacent to an activating group) is 1. The summed E-state index contributed by atoms with van der Waals surface area (Å²) in [4.78, 5) is 28.8. The van der Waals surface area contributed by atoms with Gasteiger partial charge in [0.15, 0.2) is 0 Å². The number of amides is 2. The largest absolute Gasteiger partial charge is 0.457 e. The topological polar surface area (TPSA) is 83.1 Å². The zero-order valence-electron chi connectivity index (χ0n) is 19.8. The van der Waals surface area contributed by atoms with Crippen LogP contribution in [0.4, 0.5) is 17.1 Å². The summed E-state index contributed by atoms with van der Waals surface area (Å²) >= 11 is 0. The van der Waals surface area contributed by atoms with E-state index in [9.17, 15) is 9.59 Å². The van der Waals surface area contributed by atoms with Gasteiger partial charge in [0.1, 0.15) is 11.5 Å². The molecule has 0 spiro atoms. The molecule has 1 fully saturated rings. The van der Waals surface area contributed by atoms with Gasteiger partial charge in [-0.3, -0.25) is 14.5 Å². The molecule has 0 aliphatic carbocycles. The molecular weight excluding hydrogens is 444 g/mol. The molecular formula is C27H30N4O4. The number of nitrogens with one attached hydrogen (secondary N) is 2. The number of carbonyl (C=O) groups excluding carboxylic acids is 2. The van der Waals surface area contributed by atoms with Gasteiger partial charge in [-0.15, -0.1) is 0 Å². The summed E-state index contributed by atoms with van der Waals surface area (Å²) in [5, 5.41) is 5.74. The van der Waals surface area contributed by atoms with Crippen LogP contribution in [0.15, 0.2) is 78.9 Å². The lowest BCUT2D eigenvalue weighted by molar-refractivity contribution is -0.119. The third-order valence-corrected chi connectivity index (χ3v) is 5.45. The van der Waals surface area contributed by atoms with Gasteiger partial charge in [0, 0.05) is 36.2 Å². The van der Waals surface area contributed by atoms with E-state index in [4.69, 9.17) is 9.47 Å². The van der Waals surface area contributed by atoms with Gasteiger partial charge in [-0.05, 0) is 55.6 Å². The average Bonchev–Trinajstić information content (AvgIpc) is 2.85. The fourth-order valence-corrected chi connectivity index (χ4v) is 3.79. The Morgan fingerprint density at radius 1 is 0.829 bits per heavy atom. The minimum atomic E-state index is -0.216. The molecule has 0 saturated carbocycles. The van der Waals surface area contributed by atoms with E-state index < -0.39 is 0 Å². The van der Waals surface area contributed by atoms with Crippen molar-refractivity contribution in [3.63, 3.8) is 0 Å². The van der Waals surface area contributed by atoms with Crippen LogP contribution >= 0.6 is 0 Å². The first-order valence-electron chi connectivity index (χ1n) is 11.6. The molecule has 1 heterocycles. The summed E-state index contributed by atoms with van der Waals surface area (Å²) in [6, 6.07) is 24.4. The third kappa shape index (κ3) is 7.56. The molecule has 8 heteroatoms. The molecule has 2 amide bonds. The lowest BCUT2D eigenvalue weighted by Crippen LogP contribution is -2.36. The van der Waals surface area contributed by atoms with Crippen LogP contribution < -0.4 is 20.3 Å². The Kier molecular flexibility index (Phi) is 8.32. The van der Waals surface area contributed by atoms with Crippen molar-refractivity contribution in [1.82, 2.24) is 4.90 Å². The zero-order chi connectivity index (χ0) is 24.5. The number of morpholine rings is 1. The fraction of sp³-hybridized carbons (Fsp3) is 0.259. The van der Waals surface area contributed by atoms with Gasteiger partial charge < -0.3 is 25.0 Å². The van der Waals surface area contributed by atoms with Crippen molar-refractivity contribution in [3.05, 3.63) is 78.9 Å². The number of carbonyl (C=O) groups is 2. The molecule has 0 unspecified atom stereocenters. The highest BCUT2D eigenvalue weighted by molar-refractivity contribution is 5.94. The Labute approximate surface area is 205 Å². The van der Waals surface area contributed by atoms with E-state index in [1.165, 1.54) is 0 Å². The first kappa shape index (κ1) is 24.3. The molecule has 0 atom stereocenters. The third-order valence-electron chi connectivity index (χ3n) is 5.45. The SMILES string of the molecule is CN(CC(=O)Nc1ccc(N2CCOCC2)cc1)CC(=O)Nc1cccc(Oc2ccccc2)c1. The molecule has 1 saturated heterocycles. The molecule has 35 heavy (non-hydrogen) atoms. The number of nitrogens with zero attached hydrogens (tertiary/aromatic N) is 2. The van der Waals surface area contributed by atoms with Gasteiger partial charge in [-0.2, -0.15) is 0 Å². The van der Waals surface area contributed by atoms with E-state index in [0.717, 1.165) is 43.4 Å². The number of rotatable bonds is 9. The van der Waals surface area contributed by atoms with Gasteiger partial charge in [-0.1, -0.05) is 24.3 Å². The van der Waals surface area contributed by atoms with E-state index >= 15 is 0 Å². The predicted octanol–water partition coefficient (Wildman–Crippen LogP) is 3.82. The maximum absolute atomic E-state index is 12.5. The summed E-state index contributed by atoms with van der Waals surface area (Å²) in [7, 11) is 1.73. The Bertz CT molecular complexity index is 1120. The van der Waals surface area contributed by atoms with Crippen LogP contribution in [0.1, 0.15) is 0 Å². The maximum atomic E-state index is 12.5. The molecule has 3 aromatic rings. The highest BCUT2D eigenvalue weighted by atomic mass is 16.5. The van der Waals surface area contributed by atoms with Crippen molar-refractivity contribution in [2.45, 2.75) is 0 Å². The van der Waals surface area contributed by atoms with Crippen molar-refractivity contribution < 1.29 is 19.1 Å². The number of ether oxygens (including phenoxy) is 2. The van der Waals surface area contributed by atoms with Crippen molar-refractivity contribution in [2.75, 3.05) is 62.0 Å². The van der Waals surface area contributed by atoms with Crippen LogP contribution in [0.3, 0.4) is 0 Å². The number of hydrogen-bond acceptors (Lipinski definition) is 6. The average molecular weight is 475 g/mol. The standard InChI is InChI=1S/C27H30N4O4/c1-30(19-26(32)28-21-10-12-23(13-11-21)31-14-16-34-17-15-31)20-27(33)29-22-6-5-9-25(18-22)35-24-7-3-2-4-8-24/h2-13,18H,14-17,19-20H2,1H3,(H,28,32)(H,29,33). The predicted molar refractivity (Wildman–Crippen MR) is 137 cm³/mol. The number of para-hydroxylation sites is 1. The molecule has 8 nitrogen and oxygen atoms in total. The van der Waals surface area contributed by atoms with Gasteiger partial charge >= 0.3 is 0 Å². The van der Waals surface area contributed by atoms with Gasteiger partial charge in [0.05, 0.1) is 26.3 Å². The van der Waals surface area contributed by atoms with Gasteiger partial charge in [0.25, 0.3) is 0 Å². The minimum Gasteiger partial charge on any atom is -0.457 e. The molecule has 0 bridgehead atoms. The number of hydrogen-bond donors (Lipinski definition) is 2. The molecule has 182 valence electrons. The first-order chi connectivity index (χ1) is 17.0. The second kappa shape index (κ2) is 12.0. The lowest BCUT2D eigenvalue weighted by Gasteiger charge is -2.28. The van der Waals surface area contributed by atoms with Crippen LogP contribution in [0.25, 0.3) is 0 Å². The summed E-state index contributed by atoms with van der Waals surface area (Å²) < 4.78 is 11.2. The Balaban J connectivity index is 1.22. The van der Waals surface area contributed by atoms with Crippen molar-refractivity contribution >= 4 is 28.9 Å². The fourth-order valence-electron chi connectivity index (χ4n) is 3.79. The lowest BCUT2D eigenvalue weighted by atomic mass is 10.2. The molecule has 0 aromatic heterocycles. The van der Waals surface area contributed by atoms with Crippen LogP contribution in [0, 0.1) is 0 Å². The van der Waals surface area contributed by atoms with Crippen LogP contribution in [-0.2, 0) is 14.3 Å². The van der Waals surface area contributed by atoms with Crippen molar-refractivity contribution in [1.29, 1.82) is 0 Å². The summed E-state index contributed by atoms with van der Waals surface area (Å²) in [6.45, 7) is 3.35. The molecule has 1 aliphatic heterocycles.